The van der Waals surface area contributed by atoms with Crippen LogP contribution in [0.2, 0.25) is 0 Å². The van der Waals surface area contributed by atoms with Gasteiger partial charge in [-0.3, -0.25) is 9.69 Å². The molecule has 0 aliphatic carbocycles. The first-order valence-electron chi connectivity index (χ1n) is 6.89. The van der Waals surface area contributed by atoms with E-state index >= 15 is 0 Å². The smallest absolute Gasteiger partial charge is 0.234 e. The zero-order valence-electron chi connectivity index (χ0n) is 12.1. The molecule has 1 amide bonds. The van der Waals surface area contributed by atoms with Gasteiger partial charge in [-0.25, -0.2) is 0 Å². The van der Waals surface area contributed by atoms with Crippen LogP contribution in [-0.4, -0.2) is 37.6 Å². The molecule has 0 saturated heterocycles. The number of rotatable bonds is 8. The molecule has 1 N–H and O–H groups in total. The number of likely N-dealkylation sites (N-methyl/N-ethyl adjacent to an activating group) is 1. The van der Waals surface area contributed by atoms with Gasteiger partial charge in [-0.2, -0.15) is 0 Å². The van der Waals surface area contributed by atoms with Crippen LogP contribution in [0.3, 0.4) is 0 Å². The monoisotopic (exact) mass is 304 g/mol. The molecule has 0 spiro atoms. The Morgan fingerprint density at radius 3 is 2.76 bits per heavy atom. The fraction of sp³-hybridized carbons (Fsp3) is 0.312. The molecule has 0 saturated carbocycles. The Morgan fingerprint density at radius 2 is 2.05 bits per heavy atom. The molecule has 2 aromatic rings. The van der Waals surface area contributed by atoms with E-state index in [0.29, 0.717) is 26.2 Å². The van der Waals surface area contributed by atoms with Crippen LogP contribution < -0.4 is 10.1 Å². The topological polar surface area (TPSA) is 41.6 Å². The number of benzene rings is 1. The third-order valence-corrected chi connectivity index (χ3v) is 3.81. The zero-order valence-corrected chi connectivity index (χ0v) is 12.9. The molecule has 4 nitrogen and oxygen atoms in total. The van der Waals surface area contributed by atoms with Crippen LogP contribution in [0, 0.1) is 0 Å². The van der Waals surface area contributed by atoms with Crippen LogP contribution in [-0.2, 0) is 11.3 Å². The highest BCUT2D eigenvalue weighted by Crippen LogP contribution is 2.08. The zero-order chi connectivity index (χ0) is 14.9. The van der Waals surface area contributed by atoms with Gasteiger partial charge in [0.15, 0.2) is 0 Å². The van der Waals surface area contributed by atoms with Gasteiger partial charge in [-0.1, -0.05) is 24.3 Å². The molecule has 1 aromatic heterocycles. The number of nitrogens with zero attached hydrogens (tertiary/aromatic N) is 1. The summed E-state index contributed by atoms with van der Waals surface area (Å²) >= 11 is 1.65. The van der Waals surface area contributed by atoms with E-state index in [1.54, 1.807) is 11.3 Å². The summed E-state index contributed by atoms with van der Waals surface area (Å²) < 4.78 is 5.61. The maximum Gasteiger partial charge on any atom is 0.234 e. The van der Waals surface area contributed by atoms with Gasteiger partial charge in [0.25, 0.3) is 0 Å². The number of thiophene rings is 1. The molecule has 5 heteroatoms. The van der Waals surface area contributed by atoms with Gasteiger partial charge in [-0.15, -0.1) is 11.3 Å². The second-order valence-corrected chi connectivity index (χ2v) is 5.79. The lowest BCUT2D eigenvalue weighted by Gasteiger charge is -2.16. The highest BCUT2D eigenvalue weighted by molar-refractivity contribution is 7.09. The average molecular weight is 304 g/mol. The first-order valence-corrected chi connectivity index (χ1v) is 7.77. The molecular weight excluding hydrogens is 284 g/mol. The van der Waals surface area contributed by atoms with Gasteiger partial charge in [0.2, 0.25) is 5.91 Å². The fourth-order valence-corrected chi connectivity index (χ4v) is 2.46. The molecule has 21 heavy (non-hydrogen) atoms. The molecule has 0 aliphatic rings. The first-order chi connectivity index (χ1) is 10.2. The van der Waals surface area contributed by atoms with Crippen LogP contribution in [0.5, 0.6) is 5.75 Å². The number of para-hydroxylation sites is 1. The van der Waals surface area contributed by atoms with E-state index < -0.39 is 0 Å². The van der Waals surface area contributed by atoms with Crippen molar-refractivity contribution in [2.45, 2.75) is 6.54 Å². The maximum atomic E-state index is 11.8. The van der Waals surface area contributed by atoms with Crippen molar-refractivity contribution in [2.24, 2.45) is 0 Å². The normalized spacial score (nSPS) is 10.6. The lowest BCUT2D eigenvalue weighted by Crippen LogP contribution is -2.36. The fourth-order valence-electron chi connectivity index (χ4n) is 1.82. The van der Waals surface area contributed by atoms with Gasteiger partial charge in [-0.05, 0) is 30.6 Å². The minimum atomic E-state index is 0.0330. The minimum Gasteiger partial charge on any atom is -0.492 e. The van der Waals surface area contributed by atoms with Gasteiger partial charge in [0, 0.05) is 11.4 Å². The molecule has 2 rings (SSSR count). The third kappa shape index (κ3) is 5.97. The lowest BCUT2D eigenvalue weighted by molar-refractivity contribution is -0.122. The summed E-state index contributed by atoms with van der Waals surface area (Å²) in [5.41, 5.74) is 0. The van der Waals surface area contributed by atoms with Crippen LogP contribution >= 0.6 is 11.3 Å². The van der Waals surface area contributed by atoms with Gasteiger partial charge < -0.3 is 10.1 Å². The molecule has 112 valence electrons. The number of ether oxygens (including phenoxy) is 1. The van der Waals surface area contributed by atoms with Gasteiger partial charge >= 0.3 is 0 Å². The summed E-state index contributed by atoms with van der Waals surface area (Å²) in [5, 5.41) is 4.92. The quantitative estimate of drug-likeness (QED) is 0.814. The average Bonchev–Trinajstić information content (AvgIpc) is 2.99. The van der Waals surface area contributed by atoms with Crippen molar-refractivity contribution < 1.29 is 9.53 Å². The van der Waals surface area contributed by atoms with Crippen molar-refractivity contribution in [3.05, 3.63) is 52.7 Å². The second-order valence-electron chi connectivity index (χ2n) is 4.76. The highest BCUT2D eigenvalue weighted by Gasteiger charge is 2.06. The molecule has 0 radical (unpaired) electrons. The van der Waals surface area contributed by atoms with Crippen molar-refractivity contribution >= 4 is 17.2 Å². The number of amides is 1. The maximum absolute atomic E-state index is 11.8. The van der Waals surface area contributed by atoms with E-state index in [9.17, 15) is 4.79 Å². The van der Waals surface area contributed by atoms with Crippen LogP contribution in [0.25, 0.3) is 0 Å². The van der Waals surface area contributed by atoms with Crippen molar-refractivity contribution in [1.82, 2.24) is 10.2 Å². The van der Waals surface area contributed by atoms with Crippen molar-refractivity contribution in [3.8, 4) is 5.75 Å². The number of nitrogens with one attached hydrogen (secondary N) is 1. The lowest BCUT2D eigenvalue weighted by atomic mass is 10.3. The molecule has 0 fully saturated rings. The summed E-state index contributed by atoms with van der Waals surface area (Å²) in [5.74, 6) is 0.888. The molecule has 0 atom stereocenters. The van der Waals surface area contributed by atoms with Crippen molar-refractivity contribution in [1.29, 1.82) is 0 Å². The van der Waals surface area contributed by atoms with Gasteiger partial charge in [0.1, 0.15) is 12.4 Å². The predicted molar refractivity (Wildman–Crippen MR) is 85.6 cm³/mol. The van der Waals surface area contributed by atoms with E-state index in [2.05, 4.69) is 5.32 Å². The minimum absolute atomic E-state index is 0.0330. The summed E-state index contributed by atoms with van der Waals surface area (Å²) in [6.45, 7) is 2.26. The van der Waals surface area contributed by atoms with E-state index in [0.717, 1.165) is 5.75 Å². The number of hydrogen-bond donors (Lipinski definition) is 1. The Balaban J connectivity index is 1.60. The van der Waals surface area contributed by atoms with Crippen LogP contribution in [0.1, 0.15) is 4.88 Å². The van der Waals surface area contributed by atoms with Gasteiger partial charge in [0.05, 0.1) is 13.1 Å². The summed E-state index contributed by atoms with van der Waals surface area (Å²) in [6, 6.07) is 13.7. The van der Waals surface area contributed by atoms with Crippen molar-refractivity contribution in [3.63, 3.8) is 0 Å². The van der Waals surface area contributed by atoms with Crippen molar-refractivity contribution in [2.75, 3.05) is 26.7 Å². The molecule has 0 unspecified atom stereocenters. The third-order valence-electron chi connectivity index (χ3n) is 2.94. The van der Waals surface area contributed by atoms with Crippen LogP contribution in [0.4, 0.5) is 0 Å². The number of hydrogen-bond acceptors (Lipinski definition) is 4. The molecular formula is C16H20N2O2S. The Morgan fingerprint density at radius 1 is 1.24 bits per heavy atom. The molecule has 1 aromatic carbocycles. The summed E-state index contributed by atoms with van der Waals surface area (Å²) in [6.07, 6.45) is 0. The number of carbonyl (C=O) groups excluding carboxylic acids is 1. The van der Waals surface area contributed by atoms with E-state index in [4.69, 9.17) is 4.74 Å². The summed E-state index contributed by atoms with van der Waals surface area (Å²) in [4.78, 5) is 14.9. The highest BCUT2D eigenvalue weighted by atomic mass is 32.1. The molecule has 0 bridgehead atoms. The summed E-state index contributed by atoms with van der Waals surface area (Å²) in [7, 11) is 1.92. The van der Waals surface area contributed by atoms with E-state index in [1.807, 2.05) is 59.8 Å². The first kappa shape index (κ1) is 15.5. The molecule has 0 aliphatic heterocycles. The van der Waals surface area contributed by atoms with E-state index in [1.165, 1.54) is 4.88 Å². The SMILES string of the molecule is CN(CCOc1ccccc1)CC(=O)NCc1cccs1. The number of carbonyl (C=O) groups is 1. The van der Waals surface area contributed by atoms with Crippen LogP contribution in [0.15, 0.2) is 47.8 Å². The second kappa shape index (κ2) is 8.44. The van der Waals surface area contributed by atoms with E-state index in [-0.39, 0.29) is 5.91 Å². The predicted octanol–water partition coefficient (Wildman–Crippen LogP) is 2.38. The molecule has 1 heterocycles. The largest absolute Gasteiger partial charge is 0.492 e. The Labute approximate surface area is 129 Å². The Bertz CT molecular complexity index is 528. The Hall–Kier alpha value is -1.85. The Kier molecular flexibility index (Phi) is 6.24. The standard InChI is InChI=1S/C16H20N2O2S/c1-18(9-10-20-14-6-3-2-4-7-14)13-16(19)17-12-15-8-5-11-21-15/h2-8,11H,9-10,12-13H2,1H3,(H,17,19).